The fraction of sp³-hybridized carbons (Fsp3) is 0.176. The molecule has 0 N–H and O–H groups in total. The molecule has 0 saturated carbocycles. The number of hydrogen-bond acceptors (Lipinski definition) is 2. The van der Waals surface area contributed by atoms with E-state index in [1.807, 2.05) is 55.5 Å². The molecule has 2 aromatic rings. The van der Waals surface area contributed by atoms with Crippen molar-refractivity contribution in [2.45, 2.75) is 18.2 Å². The third-order valence-corrected chi connectivity index (χ3v) is 4.68. The Morgan fingerprint density at radius 2 is 1.55 bits per heavy atom. The van der Waals surface area contributed by atoms with Gasteiger partial charge in [-0.2, -0.15) is 0 Å². The lowest BCUT2D eigenvalue weighted by Crippen LogP contribution is -2.04. The number of sulfone groups is 1. The van der Waals surface area contributed by atoms with Crippen molar-refractivity contribution >= 4 is 9.84 Å². The highest BCUT2D eigenvalue weighted by Gasteiger charge is 2.11. The molecule has 0 saturated heterocycles. The van der Waals surface area contributed by atoms with Gasteiger partial charge in [0.1, 0.15) is 0 Å². The van der Waals surface area contributed by atoms with E-state index in [1.165, 1.54) is 5.56 Å². The molecule has 0 bridgehead atoms. The number of aryl methyl sites for hydroxylation is 1. The van der Waals surface area contributed by atoms with Gasteiger partial charge in [0.05, 0.1) is 10.6 Å². The summed E-state index contributed by atoms with van der Waals surface area (Å²) in [5.41, 5.74) is 2.24. The lowest BCUT2D eigenvalue weighted by atomic mass is 10.1. The number of hydrogen-bond donors (Lipinski definition) is 0. The van der Waals surface area contributed by atoms with Gasteiger partial charge in [-0.15, -0.1) is 0 Å². The van der Waals surface area contributed by atoms with Crippen molar-refractivity contribution in [3.63, 3.8) is 0 Å². The molecule has 0 aliphatic carbocycles. The first-order valence-electron chi connectivity index (χ1n) is 6.56. The second-order valence-electron chi connectivity index (χ2n) is 4.76. The Bertz CT molecular complexity index is 669. The van der Waals surface area contributed by atoms with Gasteiger partial charge in [-0.1, -0.05) is 60.2 Å². The standard InChI is InChI=1S/C17H18O2S/c1-15-10-12-17(13-11-15)20(18,19)14-6-5-9-16-7-3-2-4-8-16/h2-8,10-13H,9,14H2,1H3/b6-5-. The Morgan fingerprint density at radius 3 is 2.20 bits per heavy atom. The Balaban J connectivity index is 1.97. The summed E-state index contributed by atoms with van der Waals surface area (Å²) in [4.78, 5) is 0.382. The van der Waals surface area contributed by atoms with E-state index in [2.05, 4.69) is 0 Å². The SMILES string of the molecule is Cc1ccc(S(=O)(=O)C/C=C\Cc2ccccc2)cc1. The number of benzene rings is 2. The van der Waals surface area contributed by atoms with E-state index in [0.29, 0.717) is 4.90 Å². The fourth-order valence-electron chi connectivity index (χ4n) is 1.87. The minimum absolute atomic E-state index is 0.0445. The molecule has 0 aliphatic rings. The van der Waals surface area contributed by atoms with E-state index in [9.17, 15) is 8.42 Å². The Labute approximate surface area is 120 Å². The molecule has 3 heteroatoms. The van der Waals surface area contributed by atoms with E-state index in [4.69, 9.17) is 0 Å². The summed E-state index contributed by atoms with van der Waals surface area (Å²) < 4.78 is 24.2. The molecule has 2 aromatic carbocycles. The third-order valence-electron chi connectivity index (χ3n) is 3.06. The van der Waals surface area contributed by atoms with Gasteiger partial charge in [-0.25, -0.2) is 8.42 Å². The third kappa shape index (κ3) is 4.07. The van der Waals surface area contributed by atoms with Gasteiger partial charge in [0.15, 0.2) is 9.84 Å². The lowest BCUT2D eigenvalue weighted by Gasteiger charge is -2.02. The van der Waals surface area contributed by atoms with Crippen molar-refractivity contribution in [1.29, 1.82) is 0 Å². The summed E-state index contributed by atoms with van der Waals surface area (Å²) in [6.45, 7) is 1.94. The first-order chi connectivity index (χ1) is 9.58. The first kappa shape index (κ1) is 14.5. The highest BCUT2D eigenvalue weighted by molar-refractivity contribution is 7.91. The quantitative estimate of drug-likeness (QED) is 0.787. The Hall–Kier alpha value is -1.87. The zero-order valence-corrected chi connectivity index (χ0v) is 12.3. The normalized spacial score (nSPS) is 11.8. The second-order valence-corrected chi connectivity index (χ2v) is 6.79. The molecule has 0 amide bonds. The summed E-state index contributed by atoms with van der Waals surface area (Å²) in [6, 6.07) is 16.9. The zero-order valence-electron chi connectivity index (χ0n) is 11.5. The van der Waals surface area contributed by atoms with Gasteiger partial charge in [-0.05, 0) is 31.0 Å². The van der Waals surface area contributed by atoms with E-state index in [1.54, 1.807) is 18.2 Å². The predicted octanol–water partition coefficient (Wildman–Crippen LogP) is 3.57. The summed E-state index contributed by atoms with van der Waals surface area (Å²) in [5, 5.41) is 0. The van der Waals surface area contributed by atoms with E-state index >= 15 is 0 Å². The van der Waals surface area contributed by atoms with Crippen molar-refractivity contribution in [2.24, 2.45) is 0 Å². The predicted molar refractivity (Wildman–Crippen MR) is 82.5 cm³/mol. The molecular weight excluding hydrogens is 268 g/mol. The Kier molecular flexibility index (Phi) is 4.74. The molecule has 0 spiro atoms. The maximum Gasteiger partial charge on any atom is 0.181 e. The monoisotopic (exact) mass is 286 g/mol. The smallest absolute Gasteiger partial charge is 0.181 e. The zero-order chi connectivity index (χ0) is 14.4. The van der Waals surface area contributed by atoms with Crippen LogP contribution in [0.25, 0.3) is 0 Å². The lowest BCUT2D eigenvalue weighted by molar-refractivity contribution is 0.599. The largest absolute Gasteiger partial charge is 0.223 e. The van der Waals surface area contributed by atoms with Gasteiger partial charge in [0.25, 0.3) is 0 Å². The van der Waals surface area contributed by atoms with Crippen molar-refractivity contribution in [1.82, 2.24) is 0 Å². The van der Waals surface area contributed by atoms with Crippen LogP contribution in [0, 0.1) is 6.92 Å². The topological polar surface area (TPSA) is 34.1 Å². The van der Waals surface area contributed by atoms with Crippen LogP contribution in [0.3, 0.4) is 0 Å². The number of rotatable bonds is 5. The molecule has 0 atom stereocenters. The van der Waals surface area contributed by atoms with Gasteiger partial charge in [0.2, 0.25) is 0 Å². The molecule has 0 heterocycles. The molecule has 0 unspecified atom stereocenters. The minimum atomic E-state index is -3.22. The molecular formula is C17H18O2S. The van der Waals surface area contributed by atoms with Crippen molar-refractivity contribution < 1.29 is 8.42 Å². The molecule has 0 aromatic heterocycles. The number of allylic oxidation sites excluding steroid dienone is 1. The second kappa shape index (κ2) is 6.53. The van der Waals surface area contributed by atoms with Crippen LogP contribution in [-0.2, 0) is 16.3 Å². The van der Waals surface area contributed by atoms with E-state index in [0.717, 1.165) is 12.0 Å². The average molecular weight is 286 g/mol. The minimum Gasteiger partial charge on any atom is -0.223 e. The molecule has 0 aliphatic heterocycles. The maximum atomic E-state index is 12.1. The van der Waals surface area contributed by atoms with Crippen LogP contribution in [0.15, 0.2) is 71.6 Å². The summed E-state index contributed by atoms with van der Waals surface area (Å²) >= 11 is 0. The molecule has 0 radical (unpaired) electrons. The highest BCUT2D eigenvalue weighted by atomic mass is 32.2. The molecule has 104 valence electrons. The van der Waals surface area contributed by atoms with Crippen LogP contribution in [-0.4, -0.2) is 14.2 Å². The van der Waals surface area contributed by atoms with Crippen LogP contribution in [0.4, 0.5) is 0 Å². The molecule has 2 nitrogen and oxygen atoms in total. The van der Waals surface area contributed by atoms with Gasteiger partial charge >= 0.3 is 0 Å². The average Bonchev–Trinajstić information content (AvgIpc) is 2.45. The van der Waals surface area contributed by atoms with Crippen LogP contribution in [0.1, 0.15) is 11.1 Å². The Morgan fingerprint density at radius 1 is 0.900 bits per heavy atom. The van der Waals surface area contributed by atoms with Crippen molar-refractivity contribution in [3.05, 3.63) is 77.9 Å². The molecule has 2 rings (SSSR count). The van der Waals surface area contributed by atoms with E-state index in [-0.39, 0.29) is 5.75 Å². The summed E-state index contributed by atoms with van der Waals surface area (Å²) in [6.07, 6.45) is 4.38. The van der Waals surface area contributed by atoms with E-state index < -0.39 is 9.84 Å². The fourth-order valence-corrected chi connectivity index (χ4v) is 3.00. The highest BCUT2D eigenvalue weighted by Crippen LogP contribution is 2.12. The van der Waals surface area contributed by atoms with Crippen LogP contribution in [0.2, 0.25) is 0 Å². The molecule has 20 heavy (non-hydrogen) atoms. The van der Waals surface area contributed by atoms with Crippen LogP contribution in [0.5, 0.6) is 0 Å². The summed E-state index contributed by atoms with van der Waals surface area (Å²) in [7, 11) is -3.22. The van der Waals surface area contributed by atoms with Crippen LogP contribution < -0.4 is 0 Å². The van der Waals surface area contributed by atoms with Gasteiger partial charge < -0.3 is 0 Å². The van der Waals surface area contributed by atoms with Crippen molar-refractivity contribution in [3.8, 4) is 0 Å². The summed E-state index contributed by atoms with van der Waals surface area (Å²) in [5.74, 6) is 0.0445. The van der Waals surface area contributed by atoms with Crippen LogP contribution >= 0.6 is 0 Å². The van der Waals surface area contributed by atoms with Gasteiger partial charge in [-0.3, -0.25) is 0 Å². The molecule has 0 fully saturated rings. The first-order valence-corrected chi connectivity index (χ1v) is 8.21. The van der Waals surface area contributed by atoms with Crippen molar-refractivity contribution in [2.75, 3.05) is 5.75 Å². The van der Waals surface area contributed by atoms with Gasteiger partial charge in [0, 0.05) is 0 Å². The maximum absolute atomic E-state index is 12.1.